The van der Waals surface area contributed by atoms with Gasteiger partial charge in [-0.2, -0.15) is 0 Å². The second kappa shape index (κ2) is 8.13. The molecule has 0 spiro atoms. The summed E-state index contributed by atoms with van der Waals surface area (Å²) in [5, 5.41) is 3.19. The van der Waals surface area contributed by atoms with Crippen molar-refractivity contribution in [3.8, 4) is 0 Å². The minimum absolute atomic E-state index is 0.123. The summed E-state index contributed by atoms with van der Waals surface area (Å²) < 4.78 is 1.97. The van der Waals surface area contributed by atoms with E-state index < -0.39 is 0 Å². The van der Waals surface area contributed by atoms with Crippen molar-refractivity contribution < 1.29 is 4.79 Å². The molecule has 1 aliphatic carbocycles. The van der Waals surface area contributed by atoms with Crippen molar-refractivity contribution in [3.05, 3.63) is 54.1 Å². The molecule has 1 aromatic heterocycles. The molecule has 4 nitrogen and oxygen atoms in total. The van der Waals surface area contributed by atoms with Crippen molar-refractivity contribution in [2.45, 2.75) is 51.0 Å². The normalized spacial score (nSPS) is 16.7. The van der Waals surface area contributed by atoms with Crippen LogP contribution in [-0.2, 0) is 11.8 Å². The zero-order valence-electron chi connectivity index (χ0n) is 14.4. The number of rotatable bonds is 6. The molecule has 24 heavy (non-hydrogen) atoms. The van der Waals surface area contributed by atoms with Gasteiger partial charge in [-0.3, -0.25) is 4.79 Å². The topological polar surface area (TPSA) is 46.9 Å². The van der Waals surface area contributed by atoms with Crippen LogP contribution in [0, 0.1) is 5.92 Å². The van der Waals surface area contributed by atoms with E-state index in [0.29, 0.717) is 6.42 Å². The summed E-state index contributed by atoms with van der Waals surface area (Å²) in [6.07, 6.45) is 11.9. The van der Waals surface area contributed by atoms with Gasteiger partial charge in [-0.05, 0) is 17.9 Å². The third-order valence-corrected chi connectivity index (χ3v) is 5.06. The van der Waals surface area contributed by atoms with Crippen LogP contribution in [0.2, 0.25) is 0 Å². The molecular weight excluding hydrogens is 298 g/mol. The molecule has 1 atom stereocenters. The largest absolute Gasteiger partial charge is 0.342 e. The van der Waals surface area contributed by atoms with Gasteiger partial charge in [0.15, 0.2) is 0 Å². The van der Waals surface area contributed by atoms with Crippen LogP contribution in [0.1, 0.15) is 62.4 Å². The summed E-state index contributed by atoms with van der Waals surface area (Å²) in [6.45, 7) is 0. The van der Waals surface area contributed by atoms with Crippen LogP contribution in [-0.4, -0.2) is 15.5 Å². The third kappa shape index (κ3) is 4.25. The fraction of sp³-hybridized carbons (Fsp3) is 0.500. The van der Waals surface area contributed by atoms with E-state index in [4.69, 9.17) is 0 Å². The van der Waals surface area contributed by atoms with E-state index in [0.717, 1.165) is 23.7 Å². The molecule has 1 N–H and O–H groups in total. The minimum Gasteiger partial charge on any atom is -0.342 e. The van der Waals surface area contributed by atoms with Crippen LogP contribution in [0.4, 0.5) is 0 Å². The lowest BCUT2D eigenvalue weighted by molar-refractivity contribution is -0.122. The number of carbonyl (C=O) groups excluding carboxylic acids is 1. The van der Waals surface area contributed by atoms with Gasteiger partial charge in [0.05, 0.1) is 0 Å². The Bertz CT molecular complexity index is 644. The Labute approximate surface area is 144 Å². The SMILES string of the molecule is Cn1ccnc1C(NC(=O)CCC1CCCCC1)c1ccccc1. The van der Waals surface area contributed by atoms with Gasteiger partial charge in [0.2, 0.25) is 5.91 Å². The summed E-state index contributed by atoms with van der Waals surface area (Å²) in [6, 6.07) is 9.88. The molecule has 128 valence electrons. The fourth-order valence-corrected chi connectivity index (χ4v) is 3.64. The Morgan fingerprint density at radius 2 is 2.00 bits per heavy atom. The molecule has 2 aromatic rings. The number of carbonyl (C=O) groups is 1. The van der Waals surface area contributed by atoms with E-state index in [1.54, 1.807) is 6.20 Å². The van der Waals surface area contributed by atoms with Crippen molar-refractivity contribution in [2.24, 2.45) is 13.0 Å². The zero-order valence-corrected chi connectivity index (χ0v) is 14.4. The number of nitrogens with zero attached hydrogens (tertiary/aromatic N) is 2. The summed E-state index contributed by atoms with van der Waals surface area (Å²) in [5.41, 5.74) is 1.07. The van der Waals surface area contributed by atoms with Gasteiger partial charge in [0, 0.05) is 25.9 Å². The van der Waals surface area contributed by atoms with E-state index in [1.807, 2.05) is 48.1 Å². The van der Waals surface area contributed by atoms with E-state index in [2.05, 4.69) is 10.3 Å². The van der Waals surface area contributed by atoms with Gasteiger partial charge in [-0.25, -0.2) is 4.98 Å². The molecule has 1 aliphatic rings. The second-order valence-electron chi connectivity index (χ2n) is 6.85. The Morgan fingerprint density at radius 1 is 1.25 bits per heavy atom. The number of benzene rings is 1. The molecular formula is C20H27N3O. The molecule has 0 bridgehead atoms. The number of aryl methyl sites for hydroxylation is 1. The highest BCUT2D eigenvalue weighted by Crippen LogP contribution is 2.27. The highest BCUT2D eigenvalue weighted by atomic mass is 16.1. The molecule has 1 aromatic carbocycles. The quantitative estimate of drug-likeness (QED) is 0.873. The molecule has 0 radical (unpaired) electrons. The first kappa shape index (κ1) is 16.7. The van der Waals surface area contributed by atoms with Crippen LogP contribution in [0.3, 0.4) is 0 Å². The number of amides is 1. The van der Waals surface area contributed by atoms with Crippen LogP contribution in [0.5, 0.6) is 0 Å². The Morgan fingerprint density at radius 3 is 2.67 bits per heavy atom. The molecule has 1 saturated carbocycles. The standard InChI is InChI=1S/C20H27N3O/c1-23-15-14-21-20(23)19(17-10-6-3-7-11-17)22-18(24)13-12-16-8-4-2-5-9-16/h3,6-7,10-11,14-16,19H,2,4-5,8-9,12-13H2,1H3,(H,22,24). The number of hydrogen-bond donors (Lipinski definition) is 1. The number of imidazole rings is 1. The molecule has 3 rings (SSSR count). The molecule has 1 heterocycles. The van der Waals surface area contributed by atoms with E-state index in [1.165, 1.54) is 32.1 Å². The van der Waals surface area contributed by atoms with E-state index in [9.17, 15) is 4.79 Å². The molecule has 4 heteroatoms. The van der Waals surface area contributed by atoms with Crippen LogP contribution in [0.15, 0.2) is 42.7 Å². The Kier molecular flexibility index (Phi) is 5.68. The smallest absolute Gasteiger partial charge is 0.220 e. The maximum atomic E-state index is 12.5. The lowest BCUT2D eigenvalue weighted by Gasteiger charge is -2.22. The monoisotopic (exact) mass is 325 g/mol. The number of aromatic nitrogens is 2. The Balaban J connectivity index is 1.65. The molecule has 1 amide bonds. The maximum absolute atomic E-state index is 12.5. The molecule has 0 saturated heterocycles. The van der Waals surface area contributed by atoms with Gasteiger partial charge in [-0.1, -0.05) is 62.4 Å². The van der Waals surface area contributed by atoms with E-state index in [-0.39, 0.29) is 11.9 Å². The predicted molar refractivity (Wildman–Crippen MR) is 95.4 cm³/mol. The summed E-state index contributed by atoms with van der Waals surface area (Å²) in [4.78, 5) is 17.0. The molecule has 1 unspecified atom stereocenters. The second-order valence-corrected chi connectivity index (χ2v) is 6.85. The maximum Gasteiger partial charge on any atom is 0.220 e. The van der Waals surface area contributed by atoms with Crippen molar-refractivity contribution >= 4 is 5.91 Å². The van der Waals surface area contributed by atoms with Gasteiger partial charge >= 0.3 is 0 Å². The van der Waals surface area contributed by atoms with Gasteiger partial charge < -0.3 is 9.88 Å². The predicted octanol–water partition coefficient (Wildman–Crippen LogP) is 3.99. The first-order valence-corrected chi connectivity index (χ1v) is 9.05. The first-order valence-electron chi connectivity index (χ1n) is 9.05. The molecule has 1 fully saturated rings. The average molecular weight is 325 g/mol. The van der Waals surface area contributed by atoms with Crippen molar-refractivity contribution in [2.75, 3.05) is 0 Å². The summed E-state index contributed by atoms with van der Waals surface area (Å²) in [7, 11) is 1.96. The van der Waals surface area contributed by atoms with Crippen molar-refractivity contribution in [3.63, 3.8) is 0 Å². The summed E-state index contributed by atoms with van der Waals surface area (Å²) >= 11 is 0. The Hall–Kier alpha value is -2.10. The molecule has 0 aliphatic heterocycles. The van der Waals surface area contributed by atoms with Crippen molar-refractivity contribution in [1.29, 1.82) is 0 Å². The van der Waals surface area contributed by atoms with Crippen LogP contribution < -0.4 is 5.32 Å². The van der Waals surface area contributed by atoms with Gasteiger partial charge in [-0.15, -0.1) is 0 Å². The van der Waals surface area contributed by atoms with Gasteiger partial charge in [0.1, 0.15) is 11.9 Å². The minimum atomic E-state index is -0.190. The average Bonchev–Trinajstić information content (AvgIpc) is 3.05. The highest BCUT2D eigenvalue weighted by molar-refractivity contribution is 5.76. The lowest BCUT2D eigenvalue weighted by Crippen LogP contribution is -2.31. The lowest BCUT2D eigenvalue weighted by atomic mass is 9.86. The third-order valence-electron chi connectivity index (χ3n) is 5.06. The summed E-state index contributed by atoms with van der Waals surface area (Å²) in [5.74, 6) is 1.72. The van der Waals surface area contributed by atoms with E-state index >= 15 is 0 Å². The van der Waals surface area contributed by atoms with Crippen LogP contribution >= 0.6 is 0 Å². The highest BCUT2D eigenvalue weighted by Gasteiger charge is 2.21. The first-order chi connectivity index (χ1) is 11.7. The number of hydrogen-bond acceptors (Lipinski definition) is 2. The van der Waals surface area contributed by atoms with Crippen LogP contribution in [0.25, 0.3) is 0 Å². The zero-order chi connectivity index (χ0) is 16.8. The van der Waals surface area contributed by atoms with Crippen molar-refractivity contribution in [1.82, 2.24) is 14.9 Å². The fourth-order valence-electron chi connectivity index (χ4n) is 3.64. The number of nitrogens with one attached hydrogen (secondary N) is 1. The van der Waals surface area contributed by atoms with Gasteiger partial charge in [0.25, 0.3) is 0 Å².